The summed E-state index contributed by atoms with van der Waals surface area (Å²) in [6, 6.07) is 18.0. The quantitative estimate of drug-likeness (QED) is 0.172. The summed E-state index contributed by atoms with van der Waals surface area (Å²) < 4.78 is 7.16. The maximum absolute atomic E-state index is 7.16. The summed E-state index contributed by atoms with van der Waals surface area (Å²) in [5.74, 6) is 0. The first-order chi connectivity index (χ1) is 17.2. The van der Waals surface area contributed by atoms with Crippen LogP contribution in [0.2, 0.25) is 0 Å². The fourth-order valence-electron chi connectivity index (χ4n) is 5.35. The Bertz CT molecular complexity index is 714. The molecular weight excluding hydrogens is 424 g/mol. The number of hydrogen-bond donors (Lipinski definition) is 0. The first-order valence-electron chi connectivity index (χ1n) is 15.1. The van der Waals surface area contributed by atoms with E-state index in [2.05, 4.69) is 76.2 Å². The molecule has 0 saturated carbocycles. The van der Waals surface area contributed by atoms with E-state index >= 15 is 0 Å². The monoisotopic (exact) mass is 478 g/mol. The third-order valence-corrected chi connectivity index (χ3v) is 7.53. The summed E-state index contributed by atoms with van der Waals surface area (Å²) in [6.45, 7) is 9.15. The molecule has 2 rings (SSSR count). The molecule has 2 aromatic carbocycles. The van der Waals surface area contributed by atoms with Crippen LogP contribution in [0, 0.1) is 0 Å². The van der Waals surface area contributed by atoms with Crippen LogP contribution in [0.1, 0.15) is 152 Å². The van der Waals surface area contributed by atoms with Gasteiger partial charge in [-0.25, -0.2) is 0 Å². The van der Waals surface area contributed by atoms with Crippen molar-refractivity contribution >= 4 is 0 Å². The van der Waals surface area contributed by atoms with Crippen molar-refractivity contribution in [1.82, 2.24) is 0 Å². The number of hydrogen-bond acceptors (Lipinski definition) is 1. The fraction of sp³-hybridized carbons (Fsp3) is 0.647. The number of aryl methyl sites for hydroxylation is 2. The van der Waals surface area contributed by atoms with Crippen LogP contribution in [-0.4, -0.2) is 0 Å². The smallest absolute Gasteiger partial charge is 0.0836 e. The molecule has 0 heterocycles. The van der Waals surface area contributed by atoms with Gasteiger partial charge in [0.15, 0.2) is 0 Å². The van der Waals surface area contributed by atoms with Gasteiger partial charge >= 0.3 is 0 Å². The van der Waals surface area contributed by atoms with Crippen molar-refractivity contribution in [2.24, 2.45) is 0 Å². The normalized spacial score (nSPS) is 13.1. The second kappa shape index (κ2) is 18.6. The van der Waals surface area contributed by atoms with E-state index < -0.39 is 0 Å². The molecule has 0 N–H and O–H groups in total. The Hall–Kier alpha value is -1.60. The van der Waals surface area contributed by atoms with Crippen molar-refractivity contribution in [1.29, 1.82) is 0 Å². The molecular formula is C34H54O. The van der Waals surface area contributed by atoms with Gasteiger partial charge in [0.1, 0.15) is 0 Å². The molecule has 1 heteroatoms. The lowest BCUT2D eigenvalue weighted by Crippen LogP contribution is -2.14. The molecule has 0 aliphatic heterocycles. The Morgan fingerprint density at radius 1 is 0.486 bits per heavy atom. The molecule has 0 radical (unpaired) electrons. The third-order valence-electron chi connectivity index (χ3n) is 7.53. The van der Waals surface area contributed by atoms with E-state index in [9.17, 15) is 0 Å². The van der Waals surface area contributed by atoms with Gasteiger partial charge in [-0.15, -0.1) is 0 Å². The Balaban J connectivity index is 2.18. The van der Waals surface area contributed by atoms with E-state index in [1.54, 1.807) is 0 Å². The largest absolute Gasteiger partial charge is 0.366 e. The van der Waals surface area contributed by atoms with Crippen LogP contribution in [0.25, 0.3) is 0 Å². The second-order valence-corrected chi connectivity index (χ2v) is 10.3. The maximum atomic E-state index is 7.16. The van der Waals surface area contributed by atoms with E-state index in [4.69, 9.17) is 4.74 Å². The van der Waals surface area contributed by atoms with Crippen LogP contribution in [0.3, 0.4) is 0 Å². The zero-order chi connectivity index (χ0) is 25.1. The summed E-state index contributed by atoms with van der Waals surface area (Å²) in [5, 5.41) is 0. The average Bonchev–Trinajstić information content (AvgIpc) is 2.90. The minimum absolute atomic E-state index is 0.187. The maximum Gasteiger partial charge on any atom is 0.0836 e. The van der Waals surface area contributed by atoms with Crippen LogP contribution < -0.4 is 0 Å². The van der Waals surface area contributed by atoms with Gasteiger partial charge in [-0.3, -0.25) is 0 Å². The van der Waals surface area contributed by atoms with Gasteiger partial charge in [-0.2, -0.15) is 0 Å². The van der Waals surface area contributed by atoms with Crippen molar-refractivity contribution in [3.63, 3.8) is 0 Å². The molecule has 0 bridgehead atoms. The lowest BCUT2D eigenvalue weighted by atomic mass is 9.93. The standard InChI is InChI=1S/C34H54O/c1-5-9-11-13-15-17-27-33(31-25-21-19-23-29(31)7-3)35-34(28-18-16-14-12-10-6-2)32-26-22-20-24-30(32)8-4/h19-26,33-34H,5-18,27-28H2,1-4H3. The lowest BCUT2D eigenvalue weighted by Gasteiger charge is -2.29. The van der Waals surface area contributed by atoms with Gasteiger partial charge in [0.2, 0.25) is 0 Å². The number of rotatable bonds is 20. The predicted molar refractivity (Wildman–Crippen MR) is 154 cm³/mol. The second-order valence-electron chi connectivity index (χ2n) is 10.3. The Kier molecular flexibility index (Phi) is 15.8. The molecule has 1 nitrogen and oxygen atoms in total. The summed E-state index contributed by atoms with van der Waals surface area (Å²) in [7, 11) is 0. The topological polar surface area (TPSA) is 9.23 Å². The first kappa shape index (κ1) is 29.6. The van der Waals surface area contributed by atoms with Gasteiger partial charge in [-0.05, 0) is 47.9 Å². The van der Waals surface area contributed by atoms with E-state index in [0.29, 0.717) is 0 Å². The first-order valence-corrected chi connectivity index (χ1v) is 15.1. The van der Waals surface area contributed by atoms with Gasteiger partial charge in [0, 0.05) is 0 Å². The van der Waals surface area contributed by atoms with Crippen molar-refractivity contribution in [3.05, 3.63) is 70.8 Å². The molecule has 0 aliphatic carbocycles. The minimum atomic E-state index is 0.187. The molecule has 2 unspecified atom stereocenters. The highest BCUT2D eigenvalue weighted by atomic mass is 16.5. The van der Waals surface area contributed by atoms with Crippen LogP contribution in [-0.2, 0) is 17.6 Å². The van der Waals surface area contributed by atoms with Crippen molar-refractivity contribution in [2.75, 3.05) is 0 Å². The number of unbranched alkanes of at least 4 members (excludes halogenated alkanes) is 10. The molecule has 2 aromatic rings. The number of benzene rings is 2. The van der Waals surface area contributed by atoms with E-state index in [1.165, 1.54) is 99.3 Å². The van der Waals surface area contributed by atoms with Crippen molar-refractivity contribution in [2.45, 2.75) is 143 Å². The summed E-state index contributed by atoms with van der Waals surface area (Å²) in [5.41, 5.74) is 5.74. The molecule has 35 heavy (non-hydrogen) atoms. The van der Waals surface area contributed by atoms with Gasteiger partial charge in [0.05, 0.1) is 12.2 Å². The molecule has 0 amide bonds. The summed E-state index contributed by atoms with van der Waals surface area (Å²) in [6.07, 6.45) is 20.7. The Morgan fingerprint density at radius 3 is 1.26 bits per heavy atom. The molecule has 196 valence electrons. The molecule has 0 aromatic heterocycles. The average molecular weight is 479 g/mol. The van der Waals surface area contributed by atoms with Gasteiger partial charge in [0.25, 0.3) is 0 Å². The highest BCUT2D eigenvalue weighted by Crippen LogP contribution is 2.37. The molecule has 0 saturated heterocycles. The highest BCUT2D eigenvalue weighted by molar-refractivity contribution is 5.31. The predicted octanol–water partition coefficient (Wildman–Crippen LogP) is 11.1. The molecule has 0 fully saturated rings. The van der Waals surface area contributed by atoms with Crippen LogP contribution in [0.4, 0.5) is 0 Å². The molecule has 2 atom stereocenters. The summed E-state index contributed by atoms with van der Waals surface area (Å²) >= 11 is 0. The highest BCUT2D eigenvalue weighted by Gasteiger charge is 2.23. The van der Waals surface area contributed by atoms with Crippen molar-refractivity contribution < 1.29 is 4.74 Å². The van der Waals surface area contributed by atoms with Crippen LogP contribution >= 0.6 is 0 Å². The summed E-state index contributed by atoms with van der Waals surface area (Å²) in [4.78, 5) is 0. The zero-order valence-electron chi connectivity index (χ0n) is 23.5. The van der Waals surface area contributed by atoms with Crippen LogP contribution in [0.5, 0.6) is 0 Å². The molecule has 0 aliphatic rings. The van der Waals surface area contributed by atoms with Crippen LogP contribution in [0.15, 0.2) is 48.5 Å². The third kappa shape index (κ3) is 10.9. The van der Waals surface area contributed by atoms with E-state index in [0.717, 1.165) is 25.7 Å². The van der Waals surface area contributed by atoms with Gasteiger partial charge < -0.3 is 4.74 Å². The fourth-order valence-corrected chi connectivity index (χ4v) is 5.35. The zero-order valence-corrected chi connectivity index (χ0v) is 23.5. The lowest BCUT2D eigenvalue weighted by molar-refractivity contribution is -0.0272. The Labute approximate surface area is 218 Å². The SMILES string of the molecule is CCCCCCCCC(OC(CCCCCCCC)c1ccccc1CC)c1ccccc1CC. The van der Waals surface area contributed by atoms with E-state index in [1.807, 2.05) is 0 Å². The molecule has 0 spiro atoms. The number of ether oxygens (including phenoxy) is 1. The minimum Gasteiger partial charge on any atom is -0.366 e. The Morgan fingerprint density at radius 2 is 0.857 bits per heavy atom. The van der Waals surface area contributed by atoms with Gasteiger partial charge in [-0.1, -0.05) is 153 Å². The van der Waals surface area contributed by atoms with E-state index in [-0.39, 0.29) is 12.2 Å². The van der Waals surface area contributed by atoms with Crippen molar-refractivity contribution in [3.8, 4) is 0 Å².